The van der Waals surface area contributed by atoms with Crippen LogP contribution in [0.5, 0.6) is 0 Å². The fraction of sp³-hybridized carbons (Fsp3) is 0.500. The second-order valence-electron chi connectivity index (χ2n) is 4.74. The van der Waals surface area contributed by atoms with Crippen molar-refractivity contribution in [2.75, 3.05) is 32.8 Å². The minimum absolute atomic E-state index is 0.0248. The zero-order valence-electron chi connectivity index (χ0n) is 11.5. The molecule has 1 fully saturated rings. The summed E-state index contributed by atoms with van der Waals surface area (Å²) in [6.45, 7) is 2.76. The van der Waals surface area contributed by atoms with Crippen molar-refractivity contribution in [1.29, 1.82) is 0 Å². The van der Waals surface area contributed by atoms with Gasteiger partial charge in [-0.05, 0) is 28.1 Å². The summed E-state index contributed by atoms with van der Waals surface area (Å²) >= 11 is 3.02. The number of hydrogen-bond donors (Lipinski definition) is 1. The molecule has 2 rings (SSSR count). The van der Waals surface area contributed by atoms with Crippen molar-refractivity contribution in [3.8, 4) is 0 Å². The van der Waals surface area contributed by atoms with Crippen molar-refractivity contribution in [3.05, 3.63) is 33.8 Å². The lowest BCUT2D eigenvalue weighted by Gasteiger charge is -2.26. The van der Waals surface area contributed by atoms with Crippen molar-refractivity contribution < 1.29 is 18.3 Å². The molecule has 0 aromatic heterocycles. The maximum absolute atomic E-state index is 13.7. The number of rotatable bonds is 5. The van der Waals surface area contributed by atoms with Crippen LogP contribution in [0.25, 0.3) is 0 Å². The highest BCUT2D eigenvalue weighted by atomic mass is 79.9. The predicted octanol–water partition coefficient (Wildman–Crippen LogP) is 2.07. The van der Waals surface area contributed by atoms with Crippen molar-refractivity contribution in [3.63, 3.8) is 0 Å². The van der Waals surface area contributed by atoms with Gasteiger partial charge in [0.25, 0.3) is 0 Å². The molecule has 21 heavy (non-hydrogen) atoms. The minimum atomic E-state index is -0.609. The first-order chi connectivity index (χ1) is 10.1. The molecule has 1 aliphatic rings. The quantitative estimate of drug-likeness (QED) is 0.643. The molecular formula is C14H17BrF2N2O2. The van der Waals surface area contributed by atoms with Gasteiger partial charge >= 0.3 is 0 Å². The van der Waals surface area contributed by atoms with E-state index < -0.39 is 11.6 Å². The Kier molecular flexibility index (Phi) is 6.08. The Morgan fingerprint density at radius 3 is 2.76 bits per heavy atom. The lowest BCUT2D eigenvalue weighted by molar-refractivity contribution is -0.135. The summed E-state index contributed by atoms with van der Waals surface area (Å²) in [5.41, 5.74) is -0.0248. The number of amides is 1. The SMILES string of the molecule is O=C(CCNCc1c(F)ccc(Br)c1F)N1CCOCC1. The summed E-state index contributed by atoms with van der Waals surface area (Å²) in [6.07, 6.45) is 0.303. The third-order valence-corrected chi connectivity index (χ3v) is 3.93. The summed E-state index contributed by atoms with van der Waals surface area (Å²) < 4.78 is 32.6. The molecular weight excluding hydrogens is 346 g/mol. The summed E-state index contributed by atoms with van der Waals surface area (Å²) in [4.78, 5) is 13.6. The van der Waals surface area contributed by atoms with Gasteiger partial charge in [-0.25, -0.2) is 8.78 Å². The Balaban J connectivity index is 1.77. The zero-order chi connectivity index (χ0) is 15.2. The summed E-state index contributed by atoms with van der Waals surface area (Å²) in [5, 5.41) is 2.90. The lowest BCUT2D eigenvalue weighted by Crippen LogP contribution is -2.41. The first-order valence-electron chi connectivity index (χ1n) is 6.78. The van der Waals surface area contributed by atoms with E-state index >= 15 is 0 Å². The number of carbonyl (C=O) groups is 1. The fourth-order valence-electron chi connectivity index (χ4n) is 2.11. The Bertz CT molecular complexity index is 508. The molecule has 1 saturated heterocycles. The van der Waals surface area contributed by atoms with E-state index in [1.807, 2.05) is 0 Å². The highest BCUT2D eigenvalue weighted by Gasteiger charge is 2.16. The van der Waals surface area contributed by atoms with Crippen molar-refractivity contribution in [2.24, 2.45) is 0 Å². The molecule has 0 saturated carbocycles. The summed E-state index contributed by atoms with van der Waals surface area (Å²) in [7, 11) is 0. The molecule has 1 N–H and O–H groups in total. The molecule has 1 aliphatic heterocycles. The van der Waals surface area contributed by atoms with E-state index in [2.05, 4.69) is 21.2 Å². The number of hydrogen-bond acceptors (Lipinski definition) is 3. The van der Waals surface area contributed by atoms with Gasteiger partial charge in [0, 0.05) is 38.2 Å². The van der Waals surface area contributed by atoms with Crippen molar-refractivity contribution in [2.45, 2.75) is 13.0 Å². The van der Waals surface area contributed by atoms with E-state index in [0.29, 0.717) is 39.3 Å². The zero-order valence-corrected chi connectivity index (χ0v) is 13.1. The van der Waals surface area contributed by atoms with E-state index in [-0.39, 0.29) is 22.5 Å². The molecule has 0 atom stereocenters. The molecule has 0 unspecified atom stereocenters. The van der Waals surface area contributed by atoms with Crippen molar-refractivity contribution >= 4 is 21.8 Å². The van der Waals surface area contributed by atoms with Crippen molar-refractivity contribution in [1.82, 2.24) is 10.2 Å². The fourth-order valence-corrected chi connectivity index (χ4v) is 2.48. The second-order valence-corrected chi connectivity index (χ2v) is 5.60. The topological polar surface area (TPSA) is 41.6 Å². The average molecular weight is 363 g/mol. The third kappa shape index (κ3) is 4.46. The van der Waals surface area contributed by atoms with Gasteiger partial charge in [-0.2, -0.15) is 0 Å². The van der Waals surface area contributed by atoms with Crippen LogP contribution < -0.4 is 5.32 Å². The first kappa shape index (κ1) is 16.3. The van der Waals surface area contributed by atoms with Crippen LogP contribution in [0.2, 0.25) is 0 Å². The third-order valence-electron chi connectivity index (χ3n) is 3.32. The maximum Gasteiger partial charge on any atom is 0.224 e. The normalized spacial score (nSPS) is 15.3. The smallest absolute Gasteiger partial charge is 0.224 e. The van der Waals surface area contributed by atoms with Crippen LogP contribution in [-0.4, -0.2) is 43.7 Å². The van der Waals surface area contributed by atoms with Crippen LogP contribution in [0.15, 0.2) is 16.6 Å². The molecule has 4 nitrogen and oxygen atoms in total. The highest BCUT2D eigenvalue weighted by molar-refractivity contribution is 9.10. The molecule has 1 aromatic carbocycles. The molecule has 1 heterocycles. The van der Waals surface area contributed by atoms with Gasteiger partial charge in [-0.3, -0.25) is 4.79 Å². The van der Waals surface area contributed by atoms with Gasteiger partial charge < -0.3 is 15.0 Å². The van der Waals surface area contributed by atoms with Gasteiger partial charge in [-0.1, -0.05) is 0 Å². The summed E-state index contributed by atoms with van der Waals surface area (Å²) in [5.74, 6) is -1.18. The van der Waals surface area contributed by atoms with Crippen LogP contribution >= 0.6 is 15.9 Å². The Labute approximate surface area is 130 Å². The minimum Gasteiger partial charge on any atom is -0.378 e. The van der Waals surface area contributed by atoms with Crippen LogP contribution in [-0.2, 0) is 16.1 Å². The van der Waals surface area contributed by atoms with E-state index in [1.165, 1.54) is 12.1 Å². The molecule has 0 radical (unpaired) electrons. The summed E-state index contributed by atoms with van der Waals surface area (Å²) in [6, 6.07) is 2.54. The monoisotopic (exact) mass is 362 g/mol. The van der Waals surface area contributed by atoms with Gasteiger partial charge in [-0.15, -0.1) is 0 Å². The van der Waals surface area contributed by atoms with Gasteiger partial charge in [0.15, 0.2) is 0 Å². The average Bonchev–Trinajstić information content (AvgIpc) is 2.51. The number of ether oxygens (including phenoxy) is 1. The molecule has 116 valence electrons. The maximum atomic E-state index is 13.7. The largest absolute Gasteiger partial charge is 0.378 e. The van der Waals surface area contributed by atoms with Gasteiger partial charge in [0.05, 0.1) is 17.7 Å². The number of carbonyl (C=O) groups excluding carboxylic acids is 1. The Hall–Kier alpha value is -1.05. The number of morpholine rings is 1. The predicted molar refractivity (Wildman–Crippen MR) is 77.8 cm³/mol. The number of nitrogens with one attached hydrogen (secondary N) is 1. The number of benzene rings is 1. The second kappa shape index (κ2) is 7.82. The molecule has 0 bridgehead atoms. The molecule has 7 heteroatoms. The van der Waals surface area contributed by atoms with Crippen LogP contribution in [0.4, 0.5) is 8.78 Å². The van der Waals surface area contributed by atoms with Crippen LogP contribution in [0.1, 0.15) is 12.0 Å². The Morgan fingerprint density at radius 1 is 1.33 bits per heavy atom. The van der Waals surface area contributed by atoms with E-state index in [4.69, 9.17) is 4.74 Å². The Morgan fingerprint density at radius 2 is 2.05 bits per heavy atom. The molecule has 0 spiro atoms. The molecule has 1 aromatic rings. The van der Waals surface area contributed by atoms with E-state index in [1.54, 1.807) is 4.90 Å². The van der Waals surface area contributed by atoms with E-state index in [0.717, 1.165) is 0 Å². The van der Waals surface area contributed by atoms with Gasteiger partial charge in [0.1, 0.15) is 11.6 Å². The van der Waals surface area contributed by atoms with Crippen LogP contribution in [0, 0.1) is 11.6 Å². The first-order valence-corrected chi connectivity index (χ1v) is 7.57. The highest BCUT2D eigenvalue weighted by Crippen LogP contribution is 2.21. The van der Waals surface area contributed by atoms with Gasteiger partial charge in [0.2, 0.25) is 5.91 Å². The van der Waals surface area contributed by atoms with E-state index in [9.17, 15) is 13.6 Å². The lowest BCUT2D eigenvalue weighted by atomic mass is 10.2. The number of nitrogens with zero attached hydrogens (tertiary/aromatic N) is 1. The molecule has 0 aliphatic carbocycles. The number of halogens is 3. The standard InChI is InChI=1S/C14H17BrF2N2O2/c15-11-1-2-12(16)10(14(11)17)9-18-4-3-13(20)19-5-7-21-8-6-19/h1-2,18H,3-9H2. The van der Waals surface area contributed by atoms with Crippen LogP contribution in [0.3, 0.4) is 0 Å². The molecule has 1 amide bonds.